The van der Waals surface area contributed by atoms with Crippen LogP contribution in [0.4, 0.5) is 0 Å². The van der Waals surface area contributed by atoms with Gasteiger partial charge in [-0.2, -0.15) is 0 Å². The van der Waals surface area contributed by atoms with Gasteiger partial charge in [-0.25, -0.2) is 9.59 Å². The van der Waals surface area contributed by atoms with E-state index in [1.54, 1.807) is 0 Å². The Bertz CT molecular complexity index is 181. The third-order valence-electron chi connectivity index (χ3n) is 1.20. The first-order valence-electron chi connectivity index (χ1n) is 2.61. The smallest absolute Gasteiger partial charge is 0.331 e. The van der Waals surface area contributed by atoms with Gasteiger partial charge in [-0.05, 0) is 13.8 Å². The third-order valence-corrected chi connectivity index (χ3v) is 1.20. The van der Waals surface area contributed by atoms with Crippen LogP contribution in [0.3, 0.4) is 0 Å². The van der Waals surface area contributed by atoms with Crippen LogP contribution in [0.2, 0.25) is 0 Å². The number of aliphatic carboxylic acids is 2. The molecule has 0 unspecified atom stereocenters. The molecule has 4 N–H and O–H groups in total. The van der Waals surface area contributed by atoms with Crippen molar-refractivity contribution < 1.29 is 25.3 Å². The Morgan fingerprint density at radius 1 is 0.909 bits per heavy atom. The minimum Gasteiger partial charge on any atom is -0.478 e. The Kier molecular flexibility index (Phi) is 4.99. The van der Waals surface area contributed by atoms with E-state index in [2.05, 4.69) is 0 Å². The molecule has 0 aliphatic carbocycles. The number of hydrogen-bond acceptors (Lipinski definition) is 2. The standard InChI is InChI=1S/C6H8O4.H2O/c1-3(5(7)8)4(2)6(9)10;/h1-2H3,(H,7,8)(H,9,10);1H2/b4-3+;. The molecule has 0 radical (unpaired) electrons. The second-order valence-electron chi connectivity index (χ2n) is 1.86. The normalized spacial score (nSPS) is 11.1. The first kappa shape index (κ1) is 12.3. The Morgan fingerprint density at radius 3 is 1.18 bits per heavy atom. The lowest BCUT2D eigenvalue weighted by Crippen LogP contribution is -2.06. The predicted molar refractivity (Wildman–Crippen MR) is 37.3 cm³/mol. The number of carboxylic acids is 2. The van der Waals surface area contributed by atoms with E-state index in [1.807, 2.05) is 0 Å². The van der Waals surface area contributed by atoms with Gasteiger partial charge in [0.05, 0.1) is 0 Å². The van der Waals surface area contributed by atoms with Crippen LogP contribution in [0.25, 0.3) is 0 Å². The molecule has 5 heteroatoms. The lowest BCUT2D eigenvalue weighted by molar-refractivity contribution is -0.135. The number of rotatable bonds is 2. The van der Waals surface area contributed by atoms with E-state index in [-0.39, 0.29) is 16.6 Å². The van der Waals surface area contributed by atoms with Gasteiger partial charge in [0.2, 0.25) is 0 Å². The molecular weight excluding hydrogens is 152 g/mol. The van der Waals surface area contributed by atoms with Crippen molar-refractivity contribution in [3.63, 3.8) is 0 Å². The molecule has 0 aromatic heterocycles. The highest BCUT2D eigenvalue weighted by molar-refractivity contribution is 5.97. The summed E-state index contributed by atoms with van der Waals surface area (Å²) in [5.74, 6) is -2.39. The van der Waals surface area contributed by atoms with E-state index in [0.29, 0.717) is 0 Å². The van der Waals surface area contributed by atoms with Gasteiger partial charge >= 0.3 is 11.9 Å². The Balaban J connectivity index is 0. The predicted octanol–water partition coefficient (Wildman–Crippen LogP) is -0.333. The molecule has 0 aromatic carbocycles. The van der Waals surface area contributed by atoms with Crippen LogP contribution < -0.4 is 0 Å². The summed E-state index contributed by atoms with van der Waals surface area (Å²) >= 11 is 0. The van der Waals surface area contributed by atoms with E-state index in [0.717, 1.165) is 0 Å². The minimum absolute atomic E-state index is 0. The van der Waals surface area contributed by atoms with Gasteiger partial charge in [-0.15, -0.1) is 0 Å². The summed E-state index contributed by atoms with van der Waals surface area (Å²) < 4.78 is 0. The van der Waals surface area contributed by atoms with Gasteiger partial charge in [-0.1, -0.05) is 0 Å². The first-order valence-corrected chi connectivity index (χ1v) is 2.61. The largest absolute Gasteiger partial charge is 0.478 e. The SMILES string of the molecule is C/C(C(=O)O)=C(/C)C(=O)O.O. The molecule has 0 heterocycles. The molecule has 0 aromatic rings. The average molecular weight is 162 g/mol. The molecular formula is C6H10O5. The fourth-order valence-electron chi connectivity index (χ4n) is 0.321. The molecule has 11 heavy (non-hydrogen) atoms. The van der Waals surface area contributed by atoms with Crippen molar-refractivity contribution in [2.75, 3.05) is 0 Å². The van der Waals surface area contributed by atoms with Crippen molar-refractivity contribution in [1.29, 1.82) is 0 Å². The van der Waals surface area contributed by atoms with Crippen molar-refractivity contribution in [2.24, 2.45) is 0 Å². The fourth-order valence-corrected chi connectivity index (χ4v) is 0.321. The van der Waals surface area contributed by atoms with Gasteiger partial charge in [-0.3, -0.25) is 0 Å². The highest BCUT2D eigenvalue weighted by Gasteiger charge is 2.09. The third kappa shape index (κ3) is 3.36. The molecule has 0 aliphatic heterocycles. The lowest BCUT2D eigenvalue weighted by atomic mass is 10.1. The maximum absolute atomic E-state index is 10.1. The molecule has 0 spiro atoms. The van der Waals surface area contributed by atoms with E-state index < -0.39 is 11.9 Å². The summed E-state index contributed by atoms with van der Waals surface area (Å²) in [5.41, 5.74) is -0.264. The summed E-state index contributed by atoms with van der Waals surface area (Å²) in [6.45, 7) is 2.51. The fraction of sp³-hybridized carbons (Fsp3) is 0.333. The van der Waals surface area contributed by atoms with Crippen molar-refractivity contribution in [2.45, 2.75) is 13.8 Å². The topological polar surface area (TPSA) is 106 Å². The average Bonchev–Trinajstić information content (AvgIpc) is 1.84. The van der Waals surface area contributed by atoms with E-state index in [1.165, 1.54) is 13.8 Å². The molecule has 5 nitrogen and oxygen atoms in total. The van der Waals surface area contributed by atoms with Crippen LogP contribution in [-0.2, 0) is 9.59 Å². The zero-order valence-corrected chi connectivity index (χ0v) is 6.21. The van der Waals surface area contributed by atoms with Gasteiger partial charge in [0.15, 0.2) is 0 Å². The van der Waals surface area contributed by atoms with E-state index >= 15 is 0 Å². The van der Waals surface area contributed by atoms with Gasteiger partial charge in [0.1, 0.15) is 0 Å². The Labute approximate surface area is 63.3 Å². The molecule has 0 bridgehead atoms. The van der Waals surface area contributed by atoms with Gasteiger partial charge in [0, 0.05) is 11.1 Å². The number of carbonyl (C=O) groups is 2. The zero-order valence-electron chi connectivity index (χ0n) is 6.21. The summed E-state index contributed by atoms with van der Waals surface area (Å²) in [6.07, 6.45) is 0. The summed E-state index contributed by atoms with van der Waals surface area (Å²) in [6, 6.07) is 0. The van der Waals surface area contributed by atoms with Crippen LogP contribution in [0, 0.1) is 0 Å². The van der Waals surface area contributed by atoms with Crippen LogP contribution in [0.5, 0.6) is 0 Å². The van der Waals surface area contributed by atoms with Crippen molar-refractivity contribution >= 4 is 11.9 Å². The highest BCUT2D eigenvalue weighted by atomic mass is 16.4. The summed E-state index contributed by atoms with van der Waals surface area (Å²) in [7, 11) is 0. The molecule has 0 amide bonds. The van der Waals surface area contributed by atoms with Crippen molar-refractivity contribution in [3.05, 3.63) is 11.1 Å². The van der Waals surface area contributed by atoms with Crippen LogP contribution in [-0.4, -0.2) is 27.6 Å². The molecule has 64 valence electrons. The van der Waals surface area contributed by atoms with E-state index in [9.17, 15) is 9.59 Å². The van der Waals surface area contributed by atoms with Crippen molar-refractivity contribution in [3.8, 4) is 0 Å². The quantitative estimate of drug-likeness (QED) is 0.542. The molecule has 0 rings (SSSR count). The second-order valence-corrected chi connectivity index (χ2v) is 1.86. The molecule has 0 atom stereocenters. The van der Waals surface area contributed by atoms with E-state index in [4.69, 9.17) is 10.2 Å². The Hall–Kier alpha value is -1.36. The molecule has 0 saturated carbocycles. The number of hydrogen-bond donors (Lipinski definition) is 2. The number of carboxylic acid groups (broad SMARTS) is 2. The van der Waals surface area contributed by atoms with Gasteiger partial charge < -0.3 is 15.7 Å². The van der Waals surface area contributed by atoms with Crippen molar-refractivity contribution in [1.82, 2.24) is 0 Å². The maximum atomic E-state index is 10.1. The minimum atomic E-state index is -1.19. The zero-order chi connectivity index (χ0) is 8.31. The second kappa shape index (κ2) is 4.45. The highest BCUT2D eigenvalue weighted by Crippen LogP contribution is 2.02. The molecule has 0 fully saturated rings. The summed E-state index contributed by atoms with van der Waals surface area (Å²) in [5, 5.41) is 16.6. The lowest BCUT2D eigenvalue weighted by Gasteiger charge is -1.95. The van der Waals surface area contributed by atoms with Gasteiger partial charge in [0.25, 0.3) is 0 Å². The Morgan fingerprint density at radius 2 is 1.09 bits per heavy atom. The maximum Gasteiger partial charge on any atom is 0.331 e. The van der Waals surface area contributed by atoms with Crippen LogP contribution in [0.1, 0.15) is 13.8 Å². The van der Waals surface area contributed by atoms with Crippen LogP contribution >= 0.6 is 0 Å². The van der Waals surface area contributed by atoms with Crippen LogP contribution in [0.15, 0.2) is 11.1 Å². The molecule has 0 saturated heterocycles. The molecule has 0 aliphatic rings. The monoisotopic (exact) mass is 162 g/mol. The summed E-state index contributed by atoms with van der Waals surface area (Å²) in [4.78, 5) is 20.2. The first-order chi connectivity index (χ1) is 4.46.